The molecule has 2 atom stereocenters. The second-order valence-corrected chi connectivity index (χ2v) is 8.49. The van der Waals surface area contributed by atoms with Crippen LogP contribution in [0.5, 0.6) is 11.5 Å². The molecule has 1 aliphatic rings. The lowest BCUT2D eigenvalue weighted by atomic mass is 9.87. The van der Waals surface area contributed by atoms with Gasteiger partial charge in [0.2, 0.25) is 0 Å². The summed E-state index contributed by atoms with van der Waals surface area (Å²) in [5, 5.41) is 1.95. The Hall–Kier alpha value is -2.86. The van der Waals surface area contributed by atoms with Crippen LogP contribution in [-0.4, -0.2) is 35.5 Å². The van der Waals surface area contributed by atoms with Crippen molar-refractivity contribution >= 4 is 17.2 Å². The van der Waals surface area contributed by atoms with E-state index in [0.29, 0.717) is 29.6 Å². The topological polar surface area (TPSA) is 51.7 Å². The van der Waals surface area contributed by atoms with Gasteiger partial charge in [-0.05, 0) is 43.0 Å². The number of nitrogens with zero attached hydrogens (tertiary/aromatic N) is 2. The van der Waals surface area contributed by atoms with Gasteiger partial charge in [0, 0.05) is 29.4 Å². The van der Waals surface area contributed by atoms with E-state index in [9.17, 15) is 4.79 Å². The van der Waals surface area contributed by atoms with E-state index in [-0.39, 0.29) is 11.9 Å². The number of carbonyl (C=O) groups is 1. The van der Waals surface area contributed by atoms with Gasteiger partial charge < -0.3 is 14.4 Å². The molecule has 1 aromatic heterocycles. The van der Waals surface area contributed by atoms with Crippen molar-refractivity contribution in [1.82, 2.24) is 9.88 Å². The van der Waals surface area contributed by atoms with Gasteiger partial charge in [0.1, 0.15) is 6.61 Å². The van der Waals surface area contributed by atoms with E-state index in [2.05, 4.69) is 36.2 Å². The Kier molecular flexibility index (Phi) is 6.87. The standard InChI is InChI=1S/C25H28N2O3S/c1-3-21(18-8-5-4-6-9-18)22-10-7-13-27(22)25(28)19-11-12-23(24(14-19)29-2)30-15-20-16-31-17-26-20/h4-6,8-9,11-12,14,16-17,21-22H,3,7,10,13,15H2,1-2H3/t21-,22+/m0/s1. The molecule has 6 heteroatoms. The summed E-state index contributed by atoms with van der Waals surface area (Å²) in [4.78, 5) is 19.7. The van der Waals surface area contributed by atoms with E-state index < -0.39 is 0 Å². The zero-order valence-electron chi connectivity index (χ0n) is 18.0. The molecule has 0 aliphatic carbocycles. The maximum absolute atomic E-state index is 13.5. The van der Waals surface area contributed by atoms with Crippen molar-refractivity contribution in [3.05, 3.63) is 76.2 Å². The minimum absolute atomic E-state index is 0.0567. The van der Waals surface area contributed by atoms with Crippen LogP contribution in [0.2, 0.25) is 0 Å². The number of hydrogen-bond donors (Lipinski definition) is 0. The first-order valence-electron chi connectivity index (χ1n) is 10.7. The predicted octanol–water partition coefficient (Wildman–Crippen LogP) is 5.53. The molecule has 0 radical (unpaired) electrons. The molecule has 1 fully saturated rings. The summed E-state index contributed by atoms with van der Waals surface area (Å²) >= 11 is 1.54. The summed E-state index contributed by atoms with van der Waals surface area (Å²) in [7, 11) is 1.60. The summed E-state index contributed by atoms with van der Waals surface area (Å²) in [5.74, 6) is 1.57. The smallest absolute Gasteiger partial charge is 0.254 e. The maximum atomic E-state index is 13.5. The third-order valence-electron chi connectivity index (χ3n) is 5.96. The normalized spacial score (nSPS) is 16.8. The van der Waals surface area contributed by atoms with Crippen LogP contribution in [0.15, 0.2) is 59.4 Å². The average Bonchev–Trinajstić information content (AvgIpc) is 3.51. The first-order chi connectivity index (χ1) is 15.2. The highest BCUT2D eigenvalue weighted by molar-refractivity contribution is 7.07. The Balaban J connectivity index is 1.52. The van der Waals surface area contributed by atoms with Gasteiger partial charge in [0.25, 0.3) is 5.91 Å². The zero-order chi connectivity index (χ0) is 21.6. The van der Waals surface area contributed by atoms with Crippen molar-refractivity contribution in [2.24, 2.45) is 0 Å². The number of benzene rings is 2. The van der Waals surface area contributed by atoms with Crippen LogP contribution >= 0.6 is 11.3 Å². The van der Waals surface area contributed by atoms with E-state index in [1.54, 1.807) is 18.7 Å². The van der Waals surface area contributed by atoms with E-state index >= 15 is 0 Å². The zero-order valence-corrected chi connectivity index (χ0v) is 18.8. The van der Waals surface area contributed by atoms with Crippen molar-refractivity contribution in [2.75, 3.05) is 13.7 Å². The fourth-order valence-electron chi connectivity index (χ4n) is 4.44. The summed E-state index contributed by atoms with van der Waals surface area (Å²) in [6.45, 7) is 3.37. The molecule has 1 amide bonds. The molecule has 31 heavy (non-hydrogen) atoms. The van der Waals surface area contributed by atoms with Gasteiger partial charge in [-0.2, -0.15) is 0 Å². The van der Waals surface area contributed by atoms with Crippen molar-refractivity contribution in [1.29, 1.82) is 0 Å². The van der Waals surface area contributed by atoms with Crippen LogP contribution < -0.4 is 9.47 Å². The van der Waals surface area contributed by atoms with Crippen LogP contribution in [0.1, 0.15) is 53.7 Å². The largest absolute Gasteiger partial charge is 0.493 e. The van der Waals surface area contributed by atoms with Gasteiger partial charge in [-0.25, -0.2) is 4.98 Å². The monoisotopic (exact) mass is 436 g/mol. The van der Waals surface area contributed by atoms with E-state index in [0.717, 1.165) is 31.5 Å². The molecule has 2 aromatic carbocycles. The number of hydrogen-bond acceptors (Lipinski definition) is 5. The lowest BCUT2D eigenvalue weighted by Gasteiger charge is -2.32. The van der Waals surface area contributed by atoms with Gasteiger partial charge in [-0.3, -0.25) is 4.79 Å². The number of ether oxygens (including phenoxy) is 2. The quantitative estimate of drug-likeness (QED) is 0.466. The van der Waals surface area contributed by atoms with E-state index in [1.807, 2.05) is 28.5 Å². The van der Waals surface area contributed by atoms with Crippen molar-refractivity contribution in [3.8, 4) is 11.5 Å². The molecule has 162 valence electrons. The van der Waals surface area contributed by atoms with Gasteiger partial charge >= 0.3 is 0 Å². The Labute approximate surface area is 187 Å². The lowest BCUT2D eigenvalue weighted by molar-refractivity contribution is 0.0714. The third kappa shape index (κ3) is 4.74. The van der Waals surface area contributed by atoms with Gasteiger partial charge in [0.05, 0.1) is 18.3 Å². The van der Waals surface area contributed by atoms with Crippen LogP contribution in [0.25, 0.3) is 0 Å². The molecule has 3 aromatic rings. The van der Waals surface area contributed by atoms with Crippen molar-refractivity contribution in [2.45, 2.75) is 44.8 Å². The average molecular weight is 437 g/mol. The predicted molar refractivity (Wildman–Crippen MR) is 123 cm³/mol. The van der Waals surface area contributed by atoms with E-state index in [1.165, 1.54) is 16.9 Å². The molecule has 1 saturated heterocycles. The summed E-state index contributed by atoms with van der Waals surface area (Å²) < 4.78 is 11.4. The van der Waals surface area contributed by atoms with Crippen LogP contribution in [-0.2, 0) is 6.61 Å². The van der Waals surface area contributed by atoms with E-state index in [4.69, 9.17) is 9.47 Å². The van der Waals surface area contributed by atoms with Crippen LogP contribution in [0, 0.1) is 0 Å². The minimum atomic E-state index is 0.0567. The number of aromatic nitrogens is 1. The SMILES string of the molecule is CC[C@@H](c1ccccc1)[C@H]1CCCN1C(=O)c1ccc(OCc2cscn2)c(OC)c1. The summed E-state index contributed by atoms with van der Waals surface area (Å²) in [6.07, 6.45) is 3.07. The number of thiazole rings is 1. The first-order valence-corrected chi connectivity index (χ1v) is 11.7. The second-order valence-electron chi connectivity index (χ2n) is 7.77. The Bertz CT molecular complexity index is 991. The first kappa shape index (κ1) is 21.4. The fourth-order valence-corrected chi connectivity index (χ4v) is 4.98. The number of rotatable bonds is 8. The minimum Gasteiger partial charge on any atom is -0.493 e. The molecule has 0 spiro atoms. The molecule has 2 heterocycles. The molecule has 0 unspecified atom stereocenters. The third-order valence-corrected chi connectivity index (χ3v) is 6.60. The maximum Gasteiger partial charge on any atom is 0.254 e. The lowest BCUT2D eigenvalue weighted by Crippen LogP contribution is -2.39. The highest BCUT2D eigenvalue weighted by Gasteiger charge is 2.35. The van der Waals surface area contributed by atoms with Crippen LogP contribution in [0.3, 0.4) is 0 Å². The molecule has 4 rings (SSSR count). The Morgan fingerprint density at radius 1 is 1.23 bits per heavy atom. The van der Waals surface area contributed by atoms with Crippen molar-refractivity contribution in [3.63, 3.8) is 0 Å². The number of amides is 1. The van der Waals surface area contributed by atoms with Gasteiger partial charge in [-0.15, -0.1) is 11.3 Å². The molecule has 0 N–H and O–H groups in total. The number of likely N-dealkylation sites (tertiary alicyclic amines) is 1. The Morgan fingerprint density at radius 3 is 2.77 bits per heavy atom. The molecule has 1 aliphatic heterocycles. The fraction of sp³-hybridized carbons (Fsp3) is 0.360. The highest BCUT2D eigenvalue weighted by Crippen LogP contribution is 2.36. The summed E-state index contributed by atoms with van der Waals surface area (Å²) in [6, 6.07) is 16.2. The van der Waals surface area contributed by atoms with Gasteiger partial charge in [-0.1, -0.05) is 37.3 Å². The second kappa shape index (κ2) is 9.96. The molecular weight excluding hydrogens is 408 g/mol. The van der Waals surface area contributed by atoms with Crippen LogP contribution in [0.4, 0.5) is 0 Å². The Morgan fingerprint density at radius 2 is 2.06 bits per heavy atom. The van der Waals surface area contributed by atoms with Gasteiger partial charge in [0.15, 0.2) is 11.5 Å². The molecular formula is C25H28N2O3S. The van der Waals surface area contributed by atoms with Crippen molar-refractivity contribution < 1.29 is 14.3 Å². The summed E-state index contributed by atoms with van der Waals surface area (Å²) in [5.41, 5.74) is 4.59. The number of methoxy groups -OCH3 is 1. The molecule has 5 nitrogen and oxygen atoms in total. The molecule has 0 bridgehead atoms. The molecule has 0 saturated carbocycles. The highest BCUT2D eigenvalue weighted by atomic mass is 32.1. The number of carbonyl (C=O) groups excluding carboxylic acids is 1.